The molecule has 1 unspecified atom stereocenters. The Hall–Kier alpha value is -1.35. The van der Waals surface area contributed by atoms with E-state index in [1.165, 1.54) is 18.4 Å². The molecule has 1 fully saturated rings. The standard InChI is InChI=1S/C17H26N2O/c1-17(2,15-8-4-3-5-9-15)13-19-16(20)11-14-7-6-10-18-12-14/h3-5,8-9,14,18H,6-7,10-13H2,1-2H3,(H,19,20). The lowest BCUT2D eigenvalue weighted by Gasteiger charge is -2.27. The Morgan fingerprint density at radius 2 is 2.10 bits per heavy atom. The summed E-state index contributed by atoms with van der Waals surface area (Å²) in [6, 6.07) is 10.4. The number of amides is 1. The van der Waals surface area contributed by atoms with Crippen molar-refractivity contribution in [3.05, 3.63) is 35.9 Å². The molecule has 0 spiro atoms. The summed E-state index contributed by atoms with van der Waals surface area (Å²) in [5, 5.41) is 6.46. The highest BCUT2D eigenvalue weighted by Gasteiger charge is 2.22. The Kier molecular flexibility index (Phi) is 5.18. The van der Waals surface area contributed by atoms with E-state index in [2.05, 4.69) is 36.6 Å². The number of hydrogen-bond acceptors (Lipinski definition) is 2. The highest BCUT2D eigenvalue weighted by molar-refractivity contribution is 5.76. The molecule has 0 radical (unpaired) electrons. The number of piperidine rings is 1. The zero-order valence-electron chi connectivity index (χ0n) is 12.6. The molecule has 1 aromatic carbocycles. The first-order valence-corrected chi connectivity index (χ1v) is 7.61. The van der Waals surface area contributed by atoms with E-state index in [0.29, 0.717) is 18.9 Å². The molecule has 1 saturated heterocycles. The Balaban J connectivity index is 1.80. The van der Waals surface area contributed by atoms with Gasteiger partial charge in [-0.25, -0.2) is 0 Å². The van der Waals surface area contributed by atoms with Crippen LogP contribution < -0.4 is 10.6 Å². The molecule has 0 aromatic heterocycles. The Morgan fingerprint density at radius 1 is 1.35 bits per heavy atom. The predicted octanol–water partition coefficient (Wildman–Crippen LogP) is 2.47. The zero-order chi connectivity index (χ0) is 14.4. The number of rotatable bonds is 5. The van der Waals surface area contributed by atoms with E-state index >= 15 is 0 Å². The molecule has 110 valence electrons. The summed E-state index contributed by atoms with van der Waals surface area (Å²) in [6.07, 6.45) is 3.01. The van der Waals surface area contributed by atoms with Gasteiger partial charge in [0.05, 0.1) is 0 Å². The van der Waals surface area contributed by atoms with Gasteiger partial charge in [0.1, 0.15) is 0 Å². The third-order valence-corrected chi connectivity index (χ3v) is 4.16. The minimum Gasteiger partial charge on any atom is -0.355 e. The minimum atomic E-state index is -0.0261. The van der Waals surface area contributed by atoms with Crippen LogP contribution in [0.1, 0.15) is 38.7 Å². The van der Waals surface area contributed by atoms with Crippen molar-refractivity contribution in [2.45, 2.75) is 38.5 Å². The molecule has 1 aliphatic rings. The van der Waals surface area contributed by atoms with Gasteiger partial charge in [-0.3, -0.25) is 4.79 Å². The molecule has 1 aliphatic heterocycles. The van der Waals surface area contributed by atoms with Crippen molar-refractivity contribution in [1.82, 2.24) is 10.6 Å². The van der Waals surface area contributed by atoms with E-state index in [9.17, 15) is 4.79 Å². The van der Waals surface area contributed by atoms with Gasteiger partial charge in [-0.2, -0.15) is 0 Å². The fraction of sp³-hybridized carbons (Fsp3) is 0.588. The third-order valence-electron chi connectivity index (χ3n) is 4.16. The summed E-state index contributed by atoms with van der Waals surface area (Å²) < 4.78 is 0. The Bertz CT molecular complexity index is 422. The van der Waals surface area contributed by atoms with Gasteiger partial charge in [0.25, 0.3) is 0 Å². The largest absolute Gasteiger partial charge is 0.355 e. The molecule has 1 amide bonds. The summed E-state index contributed by atoms with van der Waals surface area (Å²) in [5.74, 6) is 0.686. The summed E-state index contributed by atoms with van der Waals surface area (Å²) in [7, 11) is 0. The summed E-state index contributed by atoms with van der Waals surface area (Å²) in [6.45, 7) is 7.11. The maximum absolute atomic E-state index is 12.1. The van der Waals surface area contributed by atoms with Crippen LogP contribution in [0, 0.1) is 5.92 Å². The average molecular weight is 274 g/mol. The Labute approximate surface area is 122 Å². The van der Waals surface area contributed by atoms with Crippen molar-refractivity contribution in [3.63, 3.8) is 0 Å². The first-order chi connectivity index (χ1) is 9.58. The number of nitrogens with one attached hydrogen (secondary N) is 2. The van der Waals surface area contributed by atoms with Crippen LogP contribution in [-0.4, -0.2) is 25.5 Å². The van der Waals surface area contributed by atoms with E-state index in [1.807, 2.05) is 18.2 Å². The third kappa shape index (κ3) is 4.34. The van der Waals surface area contributed by atoms with E-state index in [-0.39, 0.29) is 11.3 Å². The minimum absolute atomic E-state index is 0.0261. The van der Waals surface area contributed by atoms with Gasteiger partial charge in [-0.15, -0.1) is 0 Å². The average Bonchev–Trinajstić information content (AvgIpc) is 2.47. The van der Waals surface area contributed by atoms with Crippen molar-refractivity contribution in [1.29, 1.82) is 0 Å². The van der Waals surface area contributed by atoms with Crippen LogP contribution in [0.2, 0.25) is 0 Å². The van der Waals surface area contributed by atoms with Crippen LogP contribution in [-0.2, 0) is 10.2 Å². The quantitative estimate of drug-likeness (QED) is 0.866. The van der Waals surface area contributed by atoms with Gasteiger partial charge in [0.2, 0.25) is 5.91 Å². The van der Waals surface area contributed by atoms with E-state index in [0.717, 1.165) is 13.1 Å². The van der Waals surface area contributed by atoms with Crippen LogP contribution in [0.5, 0.6) is 0 Å². The van der Waals surface area contributed by atoms with E-state index < -0.39 is 0 Å². The van der Waals surface area contributed by atoms with E-state index in [4.69, 9.17) is 0 Å². The summed E-state index contributed by atoms with van der Waals surface area (Å²) >= 11 is 0. The van der Waals surface area contributed by atoms with Crippen LogP contribution in [0.25, 0.3) is 0 Å². The van der Waals surface area contributed by atoms with Crippen LogP contribution in [0.3, 0.4) is 0 Å². The SMILES string of the molecule is CC(C)(CNC(=O)CC1CCCNC1)c1ccccc1. The first kappa shape index (κ1) is 15.0. The van der Waals surface area contributed by atoms with Gasteiger partial charge in [0.15, 0.2) is 0 Å². The second kappa shape index (κ2) is 6.89. The summed E-state index contributed by atoms with van der Waals surface area (Å²) in [5.41, 5.74) is 1.24. The molecule has 0 saturated carbocycles. The van der Waals surface area contributed by atoms with Crippen molar-refractivity contribution < 1.29 is 4.79 Å². The topological polar surface area (TPSA) is 41.1 Å². The lowest BCUT2D eigenvalue weighted by Crippen LogP contribution is -2.39. The lowest BCUT2D eigenvalue weighted by atomic mass is 9.84. The molecule has 1 heterocycles. The van der Waals surface area contributed by atoms with Crippen molar-refractivity contribution in [3.8, 4) is 0 Å². The molecule has 1 aromatic rings. The Morgan fingerprint density at radius 3 is 2.75 bits per heavy atom. The molecule has 3 heteroatoms. The van der Waals surface area contributed by atoms with Crippen molar-refractivity contribution >= 4 is 5.91 Å². The highest BCUT2D eigenvalue weighted by atomic mass is 16.1. The van der Waals surface area contributed by atoms with Crippen molar-refractivity contribution in [2.75, 3.05) is 19.6 Å². The maximum atomic E-state index is 12.1. The monoisotopic (exact) mass is 274 g/mol. The number of carbonyl (C=O) groups excluding carboxylic acids is 1. The molecule has 3 nitrogen and oxygen atoms in total. The number of benzene rings is 1. The second-order valence-electron chi connectivity index (χ2n) is 6.44. The molecular formula is C17H26N2O. The molecule has 20 heavy (non-hydrogen) atoms. The normalized spacial score (nSPS) is 19.6. The molecule has 2 N–H and O–H groups in total. The molecule has 0 aliphatic carbocycles. The molecule has 2 rings (SSSR count). The molecular weight excluding hydrogens is 248 g/mol. The lowest BCUT2D eigenvalue weighted by molar-refractivity contribution is -0.122. The van der Waals surface area contributed by atoms with Gasteiger partial charge in [0, 0.05) is 18.4 Å². The number of carbonyl (C=O) groups is 1. The van der Waals surface area contributed by atoms with E-state index in [1.54, 1.807) is 0 Å². The zero-order valence-corrected chi connectivity index (χ0v) is 12.6. The van der Waals surface area contributed by atoms with Crippen LogP contribution >= 0.6 is 0 Å². The number of hydrogen-bond donors (Lipinski definition) is 2. The van der Waals surface area contributed by atoms with Gasteiger partial charge >= 0.3 is 0 Å². The second-order valence-corrected chi connectivity index (χ2v) is 6.44. The van der Waals surface area contributed by atoms with Gasteiger partial charge < -0.3 is 10.6 Å². The maximum Gasteiger partial charge on any atom is 0.220 e. The first-order valence-electron chi connectivity index (χ1n) is 7.61. The van der Waals surface area contributed by atoms with Crippen LogP contribution in [0.4, 0.5) is 0 Å². The molecule has 0 bridgehead atoms. The molecule has 1 atom stereocenters. The fourth-order valence-corrected chi connectivity index (χ4v) is 2.74. The fourth-order valence-electron chi connectivity index (χ4n) is 2.74. The van der Waals surface area contributed by atoms with Gasteiger partial charge in [-0.1, -0.05) is 44.2 Å². The van der Waals surface area contributed by atoms with Crippen LogP contribution in [0.15, 0.2) is 30.3 Å². The van der Waals surface area contributed by atoms with Gasteiger partial charge in [-0.05, 0) is 37.4 Å². The highest BCUT2D eigenvalue weighted by Crippen LogP contribution is 2.22. The summed E-state index contributed by atoms with van der Waals surface area (Å²) in [4.78, 5) is 12.1. The van der Waals surface area contributed by atoms with Crippen molar-refractivity contribution in [2.24, 2.45) is 5.92 Å². The smallest absolute Gasteiger partial charge is 0.220 e. The predicted molar refractivity (Wildman–Crippen MR) is 82.7 cm³/mol.